The van der Waals surface area contributed by atoms with Gasteiger partial charge in [0.1, 0.15) is 11.5 Å². The first-order valence-corrected chi connectivity index (χ1v) is 14.4. The SMILES string of the molecule is CC(C)CC(=O)N1CCCN(c2ccccn2)CCN(C(=O)c2cc3ccc(N(C)C)cc3[nH]2)Cc2ccccc21. The Hall–Kier alpha value is -4.33. The van der Waals surface area contributed by atoms with Gasteiger partial charge in [0.2, 0.25) is 5.91 Å². The van der Waals surface area contributed by atoms with E-state index >= 15 is 0 Å². The van der Waals surface area contributed by atoms with Crippen molar-refractivity contribution >= 4 is 39.9 Å². The number of aromatic nitrogens is 2. The van der Waals surface area contributed by atoms with Gasteiger partial charge in [-0.2, -0.15) is 0 Å². The fourth-order valence-electron chi connectivity index (χ4n) is 5.43. The molecule has 0 aliphatic carbocycles. The monoisotopic (exact) mass is 552 g/mol. The molecule has 0 saturated carbocycles. The maximum absolute atomic E-state index is 14.1. The minimum Gasteiger partial charge on any atom is -0.378 e. The number of hydrogen-bond acceptors (Lipinski definition) is 5. The van der Waals surface area contributed by atoms with Crippen LogP contribution in [0.5, 0.6) is 0 Å². The highest BCUT2D eigenvalue weighted by atomic mass is 16.2. The van der Waals surface area contributed by atoms with Crippen LogP contribution >= 0.6 is 0 Å². The van der Waals surface area contributed by atoms with Gasteiger partial charge < -0.3 is 24.6 Å². The van der Waals surface area contributed by atoms with Crippen LogP contribution < -0.4 is 14.7 Å². The van der Waals surface area contributed by atoms with E-state index in [-0.39, 0.29) is 17.7 Å². The second kappa shape index (κ2) is 12.5. The summed E-state index contributed by atoms with van der Waals surface area (Å²) in [6, 6.07) is 22.0. The number of nitrogens with zero attached hydrogens (tertiary/aromatic N) is 5. The Bertz CT molecular complexity index is 1500. The van der Waals surface area contributed by atoms with Crippen LogP contribution in [0.15, 0.2) is 72.9 Å². The number of nitrogens with one attached hydrogen (secondary N) is 1. The predicted octanol–water partition coefficient (Wildman–Crippen LogP) is 5.56. The largest absolute Gasteiger partial charge is 0.378 e. The smallest absolute Gasteiger partial charge is 0.270 e. The Morgan fingerprint density at radius 2 is 1.76 bits per heavy atom. The summed E-state index contributed by atoms with van der Waals surface area (Å²) in [5, 5.41) is 0.998. The van der Waals surface area contributed by atoms with Gasteiger partial charge in [-0.05, 0) is 54.3 Å². The third-order valence-electron chi connectivity index (χ3n) is 7.59. The number of benzene rings is 2. The summed E-state index contributed by atoms with van der Waals surface area (Å²) in [5.74, 6) is 1.17. The number of carbonyl (C=O) groups is 2. The molecule has 0 spiro atoms. The van der Waals surface area contributed by atoms with Crippen LogP contribution in [0.3, 0.4) is 0 Å². The normalized spacial score (nSPS) is 14.6. The standard InChI is InChI=1S/C33H40N6O2/c1-24(2)20-32(40)39-17-9-16-37(31-12-7-8-15-34-31)18-19-38(23-26-10-5-6-11-30(26)39)33(41)29-21-25-13-14-27(36(3)4)22-28(25)35-29/h5-8,10-15,21-22,24,35H,9,16-20,23H2,1-4H3. The molecule has 0 saturated heterocycles. The number of anilines is 3. The fraction of sp³-hybridized carbons (Fsp3) is 0.364. The number of fused-ring (bicyclic) bond motifs is 2. The van der Waals surface area contributed by atoms with Crippen molar-refractivity contribution < 1.29 is 9.59 Å². The lowest BCUT2D eigenvalue weighted by Crippen LogP contribution is -2.39. The molecule has 2 aromatic heterocycles. The summed E-state index contributed by atoms with van der Waals surface area (Å²) < 4.78 is 0. The van der Waals surface area contributed by atoms with Crippen LogP contribution in [0.1, 0.15) is 42.7 Å². The van der Waals surface area contributed by atoms with Gasteiger partial charge in [0.05, 0.1) is 0 Å². The van der Waals surface area contributed by atoms with Crippen molar-refractivity contribution in [3.05, 3.63) is 84.2 Å². The lowest BCUT2D eigenvalue weighted by atomic mass is 10.1. The molecular formula is C33H40N6O2. The molecule has 5 rings (SSSR count). The summed E-state index contributed by atoms with van der Waals surface area (Å²) in [6.45, 7) is 7.03. The predicted molar refractivity (Wildman–Crippen MR) is 167 cm³/mol. The van der Waals surface area contributed by atoms with Crippen molar-refractivity contribution in [3.63, 3.8) is 0 Å². The third-order valence-corrected chi connectivity index (χ3v) is 7.59. The van der Waals surface area contributed by atoms with E-state index in [1.165, 1.54) is 0 Å². The first-order chi connectivity index (χ1) is 19.8. The number of aromatic amines is 1. The highest BCUT2D eigenvalue weighted by molar-refractivity contribution is 5.99. The maximum Gasteiger partial charge on any atom is 0.270 e. The van der Waals surface area contributed by atoms with E-state index in [2.05, 4.69) is 40.8 Å². The zero-order valence-electron chi connectivity index (χ0n) is 24.5. The number of H-pyrrole nitrogens is 1. The molecule has 1 aliphatic rings. The molecule has 8 heteroatoms. The minimum atomic E-state index is -0.0670. The molecule has 8 nitrogen and oxygen atoms in total. The van der Waals surface area contributed by atoms with Crippen LogP contribution in [0.2, 0.25) is 0 Å². The minimum absolute atomic E-state index is 0.0670. The highest BCUT2D eigenvalue weighted by Crippen LogP contribution is 2.27. The van der Waals surface area contributed by atoms with E-state index in [9.17, 15) is 9.59 Å². The summed E-state index contributed by atoms with van der Waals surface area (Å²) in [7, 11) is 4.01. The zero-order valence-corrected chi connectivity index (χ0v) is 24.5. The van der Waals surface area contributed by atoms with Gasteiger partial charge in [0, 0.05) is 81.7 Å². The molecule has 214 valence electrons. The van der Waals surface area contributed by atoms with Gasteiger partial charge in [-0.3, -0.25) is 9.59 Å². The first-order valence-electron chi connectivity index (χ1n) is 14.4. The highest BCUT2D eigenvalue weighted by Gasteiger charge is 2.25. The first kappa shape index (κ1) is 28.2. The molecule has 3 heterocycles. The van der Waals surface area contributed by atoms with Crippen molar-refractivity contribution in [3.8, 4) is 0 Å². The maximum atomic E-state index is 14.1. The summed E-state index contributed by atoms with van der Waals surface area (Å²) in [4.78, 5) is 43.7. The zero-order chi connectivity index (χ0) is 28.9. The van der Waals surface area contributed by atoms with Crippen LogP contribution in [-0.2, 0) is 11.3 Å². The summed E-state index contributed by atoms with van der Waals surface area (Å²) in [5.41, 5.74) is 4.41. The Labute approximate surface area is 242 Å². The number of rotatable bonds is 5. The molecule has 1 N–H and O–H groups in total. The van der Waals surface area contributed by atoms with Gasteiger partial charge in [-0.15, -0.1) is 0 Å². The van der Waals surface area contributed by atoms with Crippen LogP contribution in [-0.4, -0.2) is 67.0 Å². The molecule has 1 aliphatic heterocycles. The average molecular weight is 553 g/mol. The lowest BCUT2D eigenvalue weighted by molar-refractivity contribution is -0.119. The molecule has 2 amide bonds. The quantitative estimate of drug-likeness (QED) is 0.351. The lowest BCUT2D eigenvalue weighted by Gasteiger charge is -2.28. The molecule has 41 heavy (non-hydrogen) atoms. The van der Waals surface area contributed by atoms with E-state index in [0.29, 0.717) is 38.3 Å². The van der Waals surface area contributed by atoms with E-state index in [4.69, 9.17) is 0 Å². The van der Waals surface area contributed by atoms with Gasteiger partial charge >= 0.3 is 0 Å². The average Bonchev–Trinajstić information content (AvgIpc) is 3.38. The van der Waals surface area contributed by atoms with E-state index in [0.717, 1.165) is 46.6 Å². The Kier molecular flexibility index (Phi) is 8.57. The molecule has 0 radical (unpaired) electrons. The molecule has 0 fully saturated rings. The van der Waals surface area contributed by atoms with Crippen molar-refractivity contribution in [2.24, 2.45) is 5.92 Å². The van der Waals surface area contributed by atoms with E-state index in [1.54, 1.807) is 6.20 Å². The topological polar surface area (TPSA) is 75.8 Å². The van der Waals surface area contributed by atoms with Crippen LogP contribution in [0.4, 0.5) is 17.2 Å². The molecular weight excluding hydrogens is 512 g/mol. The fourth-order valence-corrected chi connectivity index (χ4v) is 5.43. The molecule has 0 atom stereocenters. The number of amides is 2. The van der Waals surface area contributed by atoms with Crippen molar-refractivity contribution in [1.29, 1.82) is 0 Å². The van der Waals surface area contributed by atoms with Gasteiger partial charge in [-0.1, -0.05) is 44.2 Å². The van der Waals surface area contributed by atoms with Crippen molar-refractivity contribution in [1.82, 2.24) is 14.9 Å². The van der Waals surface area contributed by atoms with Crippen molar-refractivity contribution in [2.75, 3.05) is 55.0 Å². The number of hydrogen-bond donors (Lipinski definition) is 1. The third kappa shape index (κ3) is 6.53. The molecule has 0 unspecified atom stereocenters. The van der Waals surface area contributed by atoms with E-state index < -0.39 is 0 Å². The second-order valence-corrected chi connectivity index (χ2v) is 11.4. The Morgan fingerprint density at radius 3 is 2.51 bits per heavy atom. The molecule has 0 bridgehead atoms. The van der Waals surface area contributed by atoms with Gasteiger partial charge in [0.25, 0.3) is 5.91 Å². The summed E-state index contributed by atoms with van der Waals surface area (Å²) in [6.07, 6.45) is 3.06. The van der Waals surface area contributed by atoms with Gasteiger partial charge in [-0.25, -0.2) is 4.98 Å². The number of para-hydroxylation sites is 1. The van der Waals surface area contributed by atoms with Gasteiger partial charge in [0.15, 0.2) is 0 Å². The Balaban J connectivity index is 1.52. The van der Waals surface area contributed by atoms with E-state index in [1.807, 2.05) is 83.4 Å². The summed E-state index contributed by atoms with van der Waals surface area (Å²) >= 11 is 0. The van der Waals surface area contributed by atoms with Crippen molar-refractivity contribution in [2.45, 2.75) is 33.2 Å². The second-order valence-electron chi connectivity index (χ2n) is 11.4. The van der Waals surface area contributed by atoms with Crippen LogP contribution in [0.25, 0.3) is 10.9 Å². The molecule has 4 aromatic rings. The van der Waals surface area contributed by atoms with Crippen LogP contribution in [0, 0.1) is 5.92 Å². The molecule has 2 aromatic carbocycles. The number of carbonyl (C=O) groups excluding carboxylic acids is 2. The number of pyridine rings is 1. The Morgan fingerprint density at radius 1 is 0.951 bits per heavy atom.